The summed E-state index contributed by atoms with van der Waals surface area (Å²) in [5.41, 5.74) is 1.07. The SMILES string of the molecule is S=c1[nH]nc(-c2ccncc2)n1C1CCN2CCCC12. The molecule has 2 aliphatic heterocycles. The van der Waals surface area contributed by atoms with E-state index in [1.807, 2.05) is 12.1 Å². The minimum absolute atomic E-state index is 0.451. The fourth-order valence-corrected chi connectivity index (χ4v) is 3.94. The second kappa shape index (κ2) is 4.79. The summed E-state index contributed by atoms with van der Waals surface area (Å²) in [6, 6.07) is 5.05. The van der Waals surface area contributed by atoms with Crippen LogP contribution in [0.2, 0.25) is 0 Å². The van der Waals surface area contributed by atoms with Crippen molar-refractivity contribution in [3.05, 3.63) is 29.3 Å². The highest BCUT2D eigenvalue weighted by Gasteiger charge is 2.39. The molecule has 6 heteroatoms. The Morgan fingerprint density at radius 3 is 2.85 bits per heavy atom. The van der Waals surface area contributed by atoms with Gasteiger partial charge < -0.3 is 0 Å². The van der Waals surface area contributed by atoms with Gasteiger partial charge in [-0.2, -0.15) is 5.10 Å². The minimum Gasteiger partial charge on any atom is -0.298 e. The molecule has 0 aromatic carbocycles. The third-order valence-corrected chi connectivity index (χ3v) is 4.83. The van der Waals surface area contributed by atoms with Crippen molar-refractivity contribution >= 4 is 12.2 Å². The van der Waals surface area contributed by atoms with E-state index in [9.17, 15) is 0 Å². The standard InChI is InChI=1S/C14H17N5S/c20-14-17-16-13(10-3-6-15-7-4-10)19(14)12-5-9-18-8-1-2-11(12)18/h3-4,6-7,11-12H,1-2,5,8-9H2,(H,17,20). The molecule has 2 unspecified atom stereocenters. The van der Waals surface area contributed by atoms with Crippen molar-refractivity contribution in [1.82, 2.24) is 24.6 Å². The van der Waals surface area contributed by atoms with E-state index in [1.54, 1.807) is 12.4 Å². The molecule has 0 saturated carbocycles. The zero-order chi connectivity index (χ0) is 13.5. The first kappa shape index (κ1) is 12.2. The van der Waals surface area contributed by atoms with Gasteiger partial charge in [0.25, 0.3) is 0 Å². The van der Waals surface area contributed by atoms with Gasteiger partial charge in [0.15, 0.2) is 10.6 Å². The van der Waals surface area contributed by atoms with Gasteiger partial charge >= 0.3 is 0 Å². The fraction of sp³-hybridized carbons (Fsp3) is 0.500. The Morgan fingerprint density at radius 1 is 1.15 bits per heavy atom. The van der Waals surface area contributed by atoms with Crippen LogP contribution in [0.25, 0.3) is 11.4 Å². The second-order valence-electron chi connectivity index (χ2n) is 5.56. The predicted octanol–water partition coefficient (Wildman–Crippen LogP) is 2.41. The first-order chi connectivity index (χ1) is 9.84. The number of fused-ring (bicyclic) bond motifs is 1. The highest BCUT2D eigenvalue weighted by Crippen LogP contribution is 2.37. The number of aromatic nitrogens is 4. The molecule has 20 heavy (non-hydrogen) atoms. The normalized spacial score (nSPS) is 26.0. The number of hydrogen-bond donors (Lipinski definition) is 1. The quantitative estimate of drug-likeness (QED) is 0.862. The molecular formula is C14H17N5S. The van der Waals surface area contributed by atoms with E-state index in [0.29, 0.717) is 12.1 Å². The molecule has 104 valence electrons. The summed E-state index contributed by atoms with van der Waals surface area (Å²) in [7, 11) is 0. The zero-order valence-corrected chi connectivity index (χ0v) is 12.0. The van der Waals surface area contributed by atoms with Crippen LogP contribution in [0.5, 0.6) is 0 Å². The van der Waals surface area contributed by atoms with Gasteiger partial charge in [-0.1, -0.05) is 0 Å². The van der Waals surface area contributed by atoms with Crippen LogP contribution in [0.3, 0.4) is 0 Å². The van der Waals surface area contributed by atoms with Crippen LogP contribution in [0.15, 0.2) is 24.5 Å². The number of nitrogens with zero attached hydrogens (tertiary/aromatic N) is 4. The maximum atomic E-state index is 5.48. The summed E-state index contributed by atoms with van der Waals surface area (Å²) in [5.74, 6) is 0.941. The van der Waals surface area contributed by atoms with Crippen molar-refractivity contribution in [3.8, 4) is 11.4 Å². The molecule has 0 radical (unpaired) electrons. The summed E-state index contributed by atoms with van der Waals surface area (Å²) in [4.78, 5) is 6.67. The van der Waals surface area contributed by atoms with Gasteiger partial charge in [0, 0.05) is 30.5 Å². The van der Waals surface area contributed by atoms with Gasteiger partial charge in [-0.15, -0.1) is 0 Å². The number of nitrogens with one attached hydrogen (secondary N) is 1. The van der Waals surface area contributed by atoms with E-state index >= 15 is 0 Å². The highest BCUT2D eigenvalue weighted by molar-refractivity contribution is 7.71. The van der Waals surface area contributed by atoms with Crippen molar-refractivity contribution in [2.75, 3.05) is 13.1 Å². The van der Waals surface area contributed by atoms with Crippen LogP contribution in [-0.2, 0) is 0 Å². The Morgan fingerprint density at radius 2 is 2.00 bits per heavy atom. The highest BCUT2D eigenvalue weighted by atomic mass is 32.1. The van der Waals surface area contributed by atoms with Crippen LogP contribution >= 0.6 is 12.2 Å². The molecule has 2 aliphatic rings. The lowest BCUT2D eigenvalue weighted by molar-refractivity contribution is 0.290. The van der Waals surface area contributed by atoms with Crippen molar-refractivity contribution in [3.63, 3.8) is 0 Å². The van der Waals surface area contributed by atoms with Gasteiger partial charge in [0.2, 0.25) is 0 Å². The maximum absolute atomic E-state index is 5.48. The van der Waals surface area contributed by atoms with Crippen molar-refractivity contribution in [1.29, 1.82) is 0 Å². The second-order valence-corrected chi connectivity index (χ2v) is 5.95. The van der Waals surface area contributed by atoms with Crippen LogP contribution in [0.1, 0.15) is 25.3 Å². The van der Waals surface area contributed by atoms with Crippen LogP contribution < -0.4 is 0 Å². The topological polar surface area (TPSA) is 49.7 Å². The Kier molecular flexibility index (Phi) is 2.93. The molecule has 5 nitrogen and oxygen atoms in total. The van der Waals surface area contributed by atoms with Crippen molar-refractivity contribution in [2.45, 2.75) is 31.3 Å². The van der Waals surface area contributed by atoms with Crippen LogP contribution in [0.4, 0.5) is 0 Å². The van der Waals surface area contributed by atoms with Gasteiger partial charge in [-0.25, -0.2) is 0 Å². The number of hydrogen-bond acceptors (Lipinski definition) is 4. The average Bonchev–Trinajstić information content (AvgIpc) is 3.15. The molecular weight excluding hydrogens is 270 g/mol. The maximum Gasteiger partial charge on any atom is 0.195 e. The summed E-state index contributed by atoms with van der Waals surface area (Å²) in [5, 5.41) is 7.41. The Hall–Kier alpha value is -1.53. The minimum atomic E-state index is 0.451. The van der Waals surface area contributed by atoms with Gasteiger partial charge in [0.05, 0.1) is 6.04 Å². The summed E-state index contributed by atoms with van der Waals surface area (Å²) >= 11 is 5.48. The molecule has 4 rings (SSSR count). The molecule has 2 atom stereocenters. The Labute approximate surface area is 122 Å². The molecule has 2 aromatic heterocycles. The lowest BCUT2D eigenvalue weighted by atomic mass is 10.1. The molecule has 0 bridgehead atoms. The summed E-state index contributed by atoms with van der Waals surface area (Å²) in [6.07, 6.45) is 7.34. The molecule has 2 saturated heterocycles. The zero-order valence-electron chi connectivity index (χ0n) is 11.2. The monoisotopic (exact) mass is 287 g/mol. The Balaban J connectivity index is 1.79. The van der Waals surface area contributed by atoms with Gasteiger partial charge in [0.1, 0.15) is 0 Å². The lowest BCUT2D eigenvalue weighted by Crippen LogP contribution is -2.28. The largest absolute Gasteiger partial charge is 0.298 e. The third kappa shape index (κ3) is 1.83. The van der Waals surface area contributed by atoms with E-state index in [2.05, 4.69) is 24.6 Å². The third-order valence-electron chi connectivity index (χ3n) is 4.55. The van der Waals surface area contributed by atoms with E-state index in [4.69, 9.17) is 12.2 Å². The number of H-pyrrole nitrogens is 1. The van der Waals surface area contributed by atoms with Crippen LogP contribution in [0, 0.1) is 4.77 Å². The smallest absolute Gasteiger partial charge is 0.195 e. The molecule has 2 fully saturated rings. The lowest BCUT2D eigenvalue weighted by Gasteiger charge is -2.22. The average molecular weight is 287 g/mol. The van der Waals surface area contributed by atoms with E-state index in [1.165, 1.54) is 25.9 Å². The molecule has 0 aliphatic carbocycles. The van der Waals surface area contributed by atoms with Crippen molar-refractivity contribution < 1.29 is 0 Å². The van der Waals surface area contributed by atoms with Crippen molar-refractivity contribution in [2.24, 2.45) is 0 Å². The molecule has 4 heterocycles. The first-order valence-electron chi connectivity index (χ1n) is 7.16. The fourth-order valence-electron chi connectivity index (χ4n) is 3.67. The van der Waals surface area contributed by atoms with Crippen LogP contribution in [-0.4, -0.2) is 43.8 Å². The number of pyridine rings is 1. The van der Waals surface area contributed by atoms with E-state index in [-0.39, 0.29) is 0 Å². The molecule has 1 N–H and O–H groups in total. The molecule has 0 amide bonds. The summed E-state index contributed by atoms with van der Waals surface area (Å²) < 4.78 is 2.95. The van der Waals surface area contributed by atoms with Gasteiger partial charge in [-0.3, -0.25) is 19.5 Å². The van der Waals surface area contributed by atoms with E-state index < -0.39 is 0 Å². The summed E-state index contributed by atoms with van der Waals surface area (Å²) in [6.45, 7) is 2.41. The number of rotatable bonds is 2. The van der Waals surface area contributed by atoms with E-state index in [0.717, 1.165) is 22.6 Å². The molecule has 2 aromatic rings. The first-order valence-corrected chi connectivity index (χ1v) is 7.57. The molecule has 0 spiro atoms. The number of aromatic amines is 1. The van der Waals surface area contributed by atoms with Gasteiger partial charge in [-0.05, 0) is 50.2 Å². The predicted molar refractivity (Wildman–Crippen MR) is 78.9 cm³/mol. The Bertz CT molecular complexity index is 662.